The van der Waals surface area contributed by atoms with Crippen LogP contribution in [0.15, 0.2) is 24.3 Å². The van der Waals surface area contributed by atoms with Gasteiger partial charge in [0, 0.05) is 12.1 Å². The van der Waals surface area contributed by atoms with Gasteiger partial charge < -0.3 is 5.32 Å². The number of carbonyl (C=O) groups is 1. The number of amides is 1. The zero-order valence-electron chi connectivity index (χ0n) is 7.84. The zero-order valence-corrected chi connectivity index (χ0v) is 7.84. The fourth-order valence-electron chi connectivity index (χ4n) is 1.05. The molecule has 1 aromatic rings. The van der Waals surface area contributed by atoms with Crippen molar-refractivity contribution >= 4 is 5.91 Å². The smallest absolute Gasteiger partial charge is 0.251 e. The van der Waals surface area contributed by atoms with Gasteiger partial charge in [-0.3, -0.25) is 4.79 Å². The van der Waals surface area contributed by atoms with Crippen molar-refractivity contribution < 1.29 is 4.79 Å². The van der Waals surface area contributed by atoms with Crippen molar-refractivity contribution in [2.24, 2.45) is 0 Å². The van der Waals surface area contributed by atoms with E-state index in [0.29, 0.717) is 5.56 Å². The van der Waals surface area contributed by atoms with Crippen LogP contribution in [-0.2, 0) is 0 Å². The van der Waals surface area contributed by atoms with Gasteiger partial charge in [-0.1, -0.05) is 19.1 Å². The molecule has 0 aliphatic rings. The molecule has 0 spiro atoms. The minimum atomic E-state index is -0.0210. The molecule has 1 N–H and O–H groups in total. The molecule has 0 heterocycles. The standard InChI is InChI=1S/C11H14NO/c1-3-7-12-11(13)10-6-4-5-9(2)8-10/h4-6,8H,2-3,7H2,1H3,(H,12,13). The monoisotopic (exact) mass is 176 g/mol. The van der Waals surface area contributed by atoms with Crippen LogP contribution in [0.25, 0.3) is 0 Å². The Morgan fingerprint density at radius 2 is 2.31 bits per heavy atom. The summed E-state index contributed by atoms with van der Waals surface area (Å²) in [4.78, 5) is 11.4. The molecule has 13 heavy (non-hydrogen) atoms. The van der Waals surface area contributed by atoms with E-state index in [1.165, 1.54) is 0 Å². The third kappa shape index (κ3) is 2.90. The van der Waals surface area contributed by atoms with Gasteiger partial charge in [0.2, 0.25) is 0 Å². The largest absolute Gasteiger partial charge is 0.352 e. The van der Waals surface area contributed by atoms with Crippen LogP contribution >= 0.6 is 0 Å². The minimum Gasteiger partial charge on any atom is -0.352 e. The first-order valence-electron chi connectivity index (χ1n) is 4.44. The van der Waals surface area contributed by atoms with Gasteiger partial charge >= 0.3 is 0 Å². The van der Waals surface area contributed by atoms with E-state index in [1.807, 2.05) is 19.1 Å². The van der Waals surface area contributed by atoms with Crippen LogP contribution in [0.5, 0.6) is 0 Å². The van der Waals surface area contributed by atoms with E-state index in [2.05, 4.69) is 12.2 Å². The van der Waals surface area contributed by atoms with Gasteiger partial charge in [-0.05, 0) is 31.0 Å². The van der Waals surface area contributed by atoms with Crippen molar-refractivity contribution in [1.82, 2.24) is 5.32 Å². The number of carbonyl (C=O) groups excluding carboxylic acids is 1. The summed E-state index contributed by atoms with van der Waals surface area (Å²) in [6.07, 6.45) is 0.954. The Labute approximate surface area is 79.0 Å². The van der Waals surface area contributed by atoms with Gasteiger partial charge in [-0.15, -0.1) is 0 Å². The maximum absolute atomic E-state index is 11.4. The molecule has 0 fully saturated rings. The van der Waals surface area contributed by atoms with E-state index in [0.717, 1.165) is 18.5 Å². The molecular formula is C11H14NO. The number of benzene rings is 1. The Kier molecular flexibility index (Phi) is 3.50. The van der Waals surface area contributed by atoms with Crippen molar-refractivity contribution in [3.05, 3.63) is 42.3 Å². The Morgan fingerprint density at radius 3 is 2.92 bits per heavy atom. The van der Waals surface area contributed by atoms with E-state index in [9.17, 15) is 4.79 Å². The van der Waals surface area contributed by atoms with Gasteiger partial charge in [-0.2, -0.15) is 0 Å². The van der Waals surface area contributed by atoms with Crippen molar-refractivity contribution in [1.29, 1.82) is 0 Å². The molecule has 0 aromatic heterocycles. The van der Waals surface area contributed by atoms with Gasteiger partial charge in [0.1, 0.15) is 0 Å². The van der Waals surface area contributed by atoms with Crippen molar-refractivity contribution in [3.8, 4) is 0 Å². The fourth-order valence-corrected chi connectivity index (χ4v) is 1.05. The van der Waals surface area contributed by atoms with Crippen molar-refractivity contribution in [2.45, 2.75) is 13.3 Å². The van der Waals surface area contributed by atoms with Crippen LogP contribution in [0.4, 0.5) is 0 Å². The van der Waals surface area contributed by atoms with Gasteiger partial charge in [-0.25, -0.2) is 0 Å². The summed E-state index contributed by atoms with van der Waals surface area (Å²) in [6, 6.07) is 7.28. The maximum Gasteiger partial charge on any atom is 0.251 e. The SMILES string of the molecule is [CH2]c1cccc(C(=O)NCCC)c1. The predicted molar refractivity (Wildman–Crippen MR) is 53.5 cm³/mol. The summed E-state index contributed by atoms with van der Waals surface area (Å²) >= 11 is 0. The lowest BCUT2D eigenvalue weighted by atomic mass is 10.1. The lowest BCUT2D eigenvalue weighted by molar-refractivity contribution is 0.0953. The molecule has 1 rings (SSSR count). The first-order chi connectivity index (χ1) is 6.24. The quantitative estimate of drug-likeness (QED) is 0.750. The lowest BCUT2D eigenvalue weighted by Gasteiger charge is -2.03. The Bertz CT molecular complexity index is 294. The lowest BCUT2D eigenvalue weighted by Crippen LogP contribution is -2.23. The van der Waals surface area contributed by atoms with E-state index >= 15 is 0 Å². The average molecular weight is 176 g/mol. The second-order valence-electron chi connectivity index (χ2n) is 2.96. The molecule has 0 aliphatic carbocycles. The Balaban J connectivity index is 2.66. The molecule has 0 bridgehead atoms. The number of hydrogen-bond donors (Lipinski definition) is 1. The molecule has 2 nitrogen and oxygen atoms in total. The first-order valence-corrected chi connectivity index (χ1v) is 4.44. The molecule has 1 aromatic carbocycles. The van der Waals surface area contributed by atoms with E-state index < -0.39 is 0 Å². The highest BCUT2D eigenvalue weighted by Gasteiger charge is 2.02. The molecule has 1 amide bonds. The number of nitrogens with one attached hydrogen (secondary N) is 1. The first kappa shape index (κ1) is 9.78. The van der Waals surface area contributed by atoms with Gasteiger partial charge in [0.05, 0.1) is 0 Å². The van der Waals surface area contributed by atoms with Crippen molar-refractivity contribution in [3.63, 3.8) is 0 Å². The van der Waals surface area contributed by atoms with Crippen LogP contribution in [0.3, 0.4) is 0 Å². The molecule has 0 aliphatic heterocycles. The molecule has 0 unspecified atom stereocenters. The average Bonchev–Trinajstić information content (AvgIpc) is 2.14. The third-order valence-electron chi connectivity index (χ3n) is 1.72. The Morgan fingerprint density at radius 1 is 1.54 bits per heavy atom. The van der Waals surface area contributed by atoms with E-state index in [-0.39, 0.29) is 5.91 Å². The summed E-state index contributed by atoms with van der Waals surface area (Å²) in [5, 5.41) is 2.81. The Hall–Kier alpha value is -1.31. The molecule has 0 saturated heterocycles. The molecule has 1 radical (unpaired) electrons. The van der Waals surface area contributed by atoms with Crippen LogP contribution in [0, 0.1) is 6.92 Å². The molecule has 0 saturated carbocycles. The normalized spacial score (nSPS) is 9.69. The van der Waals surface area contributed by atoms with Crippen LogP contribution in [0.1, 0.15) is 29.3 Å². The number of hydrogen-bond acceptors (Lipinski definition) is 1. The molecule has 2 heteroatoms. The minimum absolute atomic E-state index is 0.0210. The van der Waals surface area contributed by atoms with Gasteiger partial charge in [0.15, 0.2) is 0 Å². The van der Waals surface area contributed by atoms with Crippen molar-refractivity contribution in [2.75, 3.05) is 6.54 Å². The molecule has 69 valence electrons. The highest BCUT2D eigenvalue weighted by molar-refractivity contribution is 5.94. The second-order valence-corrected chi connectivity index (χ2v) is 2.96. The molecule has 0 atom stereocenters. The summed E-state index contributed by atoms with van der Waals surface area (Å²) in [7, 11) is 0. The highest BCUT2D eigenvalue weighted by atomic mass is 16.1. The second kappa shape index (κ2) is 4.65. The summed E-state index contributed by atoms with van der Waals surface area (Å²) in [5.41, 5.74) is 1.55. The summed E-state index contributed by atoms with van der Waals surface area (Å²) in [6.45, 7) is 6.51. The zero-order chi connectivity index (χ0) is 9.68. The summed E-state index contributed by atoms with van der Waals surface area (Å²) < 4.78 is 0. The van der Waals surface area contributed by atoms with E-state index in [1.54, 1.807) is 12.1 Å². The predicted octanol–water partition coefficient (Wildman–Crippen LogP) is 2.01. The molecular weight excluding hydrogens is 162 g/mol. The summed E-state index contributed by atoms with van der Waals surface area (Å²) in [5.74, 6) is -0.0210. The van der Waals surface area contributed by atoms with Crippen LogP contribution in [-0.4, -0.2) is 12.5 Å². The number of rotatable bonds is 3. The fraction of sp³-hybridized carbons (Fsp3) is 0.273. The topological polar surface area (TPSA) is 29.1 Å². The highest BCUT2D eigenvalue weighted by Crippen LogP contribution is 2.03. The van der Waals surface area contributed by atoms with Gasteiger partial charge in [0.25, 0.3) is 5.91 Å². The van der Waals surface area contributed by atoms with Crippen LogP contribution in [0.2, 0.25) is 0 Å². The van der Waals surface area contributed by atoms with E-state index in [4.69, 9.17) is 0 Å². The third-order valence-corrected chi connectivity index (χ3v) is 1.72. The maximum atomic E-state index is 11.4. The van der Waals surface area contributed by atoms with Crippen LogP contribution < -0.4 is 5.32 Å².